The average molecular weight is 319 g/mol. The highest BCUT2D eigenvalue weighted by Crippen LogP contribution is 2.11. The number of aliphatic hydroxyl groups is 1. The molecule has 17 heavy (non-hydrogen) atoms. The molecule has 1 rings (SSSR count). The van der Waals surface area contributed by atoms with Crippen LogP contribution in [0.2, 0.25) is 0 Å². The second-order valence-corrected chi connectivity index (χ2v) is 4.86. The summed E-state index contributed by atoms with van der Waals surface area (Å²) in [6.45, 7) is 0.650. The molecule has 2 N–H and O–H groups in total. The fraction of sp³-hybridized carbons (Fsp3) is 0.455. The minimum Gasteiger partial charge on any atom is -0.396 e. The minimum absolute atomic E-state index is 0.0174. The summed E-state index contributed by atoms with van der Waals surface area (Å²) in [5.74, 6) is -0.0174. The van der Waals surface area contributed by atoms with Gasteiger partial charge in [-0.25, -0.2) is 4.98 Å². The molecule has 0 bridgehead atoms. The van der Waals surface area contributed by atoms with Crippen LogP contribution in [0.4, 0.5) is 0 Å². The Hall–Kier alpha value is -0.720. The van der Waals surface area contributed by atoms with Crippen LogP contribution < -0.4 is 5.32 Å². The number of carbonyl (C=O) groups is 1. The number of hydrogen-bond donors (Lipinski definition) is 2. The van der Waals surface area contributed by atoms with Gasteiger partial charge in [0, 0.05) is 31.4 Å². The molecule has 0 aliphatic carbocycles. The number of hydrogen-bond acceptors (Lipinski definition) is 4. The van der Waals surface area contributed by atoms with Crippen molar-refractivity contribution in [2.24, 2.45) is 0 Å². The maximum absolute atomic E-state index is 11.2. The first kappa shape index (κ1) is 14.3. The van der Waals surface area contributed by atoms with Gasteiger partial charge in [0.1, 0.15) is 0 Å². The Morgan fingerprint density at radius 3 is 3.18 bits per heavy atom. The van der Waals surface area contributed by atoms with Crippen molar-refractivity contribution >= 4 is 39.2 Å². The summed E-state index contributed by atoms with van der Waals surface area (Å²) in [5, 5.41) is 14.4. The van der Waals surface area contributed by atoms with E-state index in [4.69, 9.17) is 5.11 Å². The highest BCUT2D eigenvalue weighted by molar-refractivity contribution is 9.11. The van der Waals surface area contributed by atoms with Gasteiger partial charge < -0.3 is 10.4 Å². The Kier molecular flexibility index (Phi) is 7.07. The highest BCUT2D eigenvalue weighted by atomic mass is 79.9. The largest absolute Gasteiger partial charge is 0.396 e. The zero-order valence-electron chi connectivity index (χ0n) is 9.36. The van der Waals surface area contributed by atoms with Crippen molar-refractivity contribution in [3.8, 4) is 0 Å². The molecule has 0 unspecified atom stereocenters. The van der Waals surface area contributed by atoms with Crippen LogP contribution in [0.3, 0.4) is 0 Å². The van der Waals surface area contributed by atoms with E-state index in [0.717, 1.165) is 17.1 Å². The number of thiazole rings is 1. The number of aliphatic hydroxyl groups excluding tert-OH is 1. The third-order valence-corrected chi connectivity index (χ3v) is 3.22. The molecule has 1 aromatic heterocycles. The van der Waals surface area contributed by atoms with E-state index in [-0.39, 0.29) is 12.5 Å². The summed E-state index contributed by atoms with van der Waals surface area (Å²) in [6.07, 6.45) is 3.51. The van der Waals surface area contributed by atoms with Gasteiger partial charge in [-0.05, 0) is 17.5 Å². The van der Waals surface area contributed by atoms with Crippen molar-refractivity contribution in [3.63, 3.8) is 0 Å². The first-order valence-corrected chi connectivity index (χ1v) is 7.14. The van der Waals surface area contributed by atoms with E-state index < -0.39 is 0 Å². The average Bonchev–Trinajstić information content (AvgIpc) is 2.75. The standard InChI is InChI=1S/C11H15BrN2O2S/c12-5-3-9-8-17-11(14-9)4-6-13-10(16)2-1-7-15/h3,5,8,15H,1-2,4,6-7H2,(H,13,16)/b5-3+. The third-order valence-electron chi connectivity index (χ3n) is 2.03. The van der Waals surface area contributed by atoms with Crippen molar-refractivity contribution in [2.75, 3.05) is 13.2 Å². The van der Waals surface area contributed by atoms with Crippen molar-refractivity contribution in [2.45, 2.75) is 19.3 Å². The normalized spacial score (nSPS) is 10.9. The third kappa shape index (κ3) is 5.95. The number of aromatic nitrogens is 1. The van der Waals surface area contributed by atoms with Gasteiger partial charge in [-0.1, -0.05) is 15.9 Å². The molecule has 0 saturated heterocycles. The lowest BCUT2D eigenvalue weighted by atomic mass is 10.3. The first-order valence-electron chi connectivity index (χ1n) is 5.35. The fourth-order valence-electron chi connectivity index (χ4n) is 1.22. The van der Waals surface area contributed by atoms with E-state index in [1.807, 2.05) is 11.5 Å². The smallest absolute Gasteiger partial charge is 0.220 e. The zero-order valence-corrected chi connectivity index (χ0v) is 11.8. The van der Waals surface area contributed by atoms with Gasteiger partial charge >= 0.3 is 0 Å². The number of rotatable bonds is 7. The molecule has 1 heterocycles. The van der Waals surface area contributed by atoms with Gasteiger partial charge in [-0.15, -0.1) is 11.3 Å². The summed E-state index contributed by atoms with van der Waals surface area (Å²) in [5.41, 5.74) is 0.925. The predicted molar refractivity (Wildman–Crippen MR) is 73.1 cm³/mol. The molecule has 94 valence electrons. The van der Waals surface area contributed by atoms with Gasteiger partial charge in [-0.3, -0.25) is 4.79 Å². The summed E-state index contributed by atoms with van der Waals surface area (Å²) < 4.78 is 0. The summed E-state index contributed by atoms with van der Waals surface area (Å²) in [7, 11) is 0. The molecule has 0 aliphatic rings. The Labute approximate surface area is 113 Å². The zero-order chi connectivity index (χ0) is 12.5. The van der Waals surface area contributed by atoms with Crippen molar-refractivity contribution in [1.82, 2.24) is 10.3 Å². The highest BCUT2D eigenvalue weighted by Gasteiger charge is 2.02. The Morgan fingerprint density at radius 2 is 2.47 bits per heavy atom. The number of amides is 1. The van der Waals surface area contributed by atoms with Gasteiger partial charge in [0.05, 0.1) is 10.7 Å². The molecule has 4 nitrogen and oxygen atoms in total. The van der Waals surface area contributed by atoms with E-state index >= 15 is 0 Å². The molecule has 0 aromatic carbocycles. The topological polar surface area (TPSA) is 62.2 Å². The van der Waals surface area contributed by atoms with Crippen LogP contribution in [0.5, 0.6) is 0 Å². The number of carbonyl (C=O) groups excluding carboxylic acids is 1. The van der Waals surface area contributed by atoms with Crippen LogP contribution in [0.25, 0.3) is 6.08 Å². The molecule has 0 atom stereocenters. The maximum atomic E-state index is 11.2. The van der Waals surface area contributed by atoms with E-state index in [2.05, 4.69) is 26.2 Å². The molecule has 6 heteroatoms. The molecule has 0 aliphatic heterocycles. The van der Waals surface area contributed by atoms with Crippen molar-refractivity contribution in [1.29, 1.82) is 0 Å². The van der Waals surface area contributed by atoms with E-state index in [9.17, 15) is 4.79 Å². The summed E-state index contributed by atoms with van der Waals surface area (Å²) >= 11 is 4.78. The first-order chi connectivity index (χ1) is 8.26. The molecular weight excluding hydrogens is 304 g/mol. The van der Waals surface area contributed by atoms with Gasteiger partial charge in [0.25, 0.3) is 0 Å². The van der Waals surface area contributed by atoms with Crippen LogP contribution in [0, 0.1) is 0 Å². The number of nitrogens with one attached hydrogen (secondary N) is 1. The van der Waals surface area contributed by atoms with Crippen LogP contribution in [0.15, 0.2) is 10.4 Å². The van der Waals surface area contributed by atoms with Gasteiger partial charge in [0.2, 0.25) is 5.91 Å². The lowest BCUT2D eigenvalue weighted by molar-refractivity contribution is -0.121. The molecular formula is C11H15BrN2O2S. The summed E-state index contributed by atoms with van der Waals surface area (Å²) in [6, 6.07) is 0. The molecule has 0 saturated carbocycles. The molecule has 1 aromatic rings. The second kappa shape index (κ2) is 8.38. The number of halogens is 1. The lowest BCUT2D eigenvalue weighted by Gasteiger charge is -2.02. The van der Waals surface area contributed by atoms with E-state index in [1.54, 1.807) is 16.3 Å². The van der Waals surface area contributed by atoms with E-state index in [1.165, 1.54) is 0 Å². The van der Waals surface area contributed by atoms with Crippen LogP contribution >= 0.6 is 27.3 Å². The van der Waals surface area contributed by atoms with E-state index in [0.29, 0.717) is 19.4 Å². The second-order valence-electron chi connectivity index (χ2n) is 3.39. The molecule has 0 fully saturated rings. The lowest BCUT2D eigenvalue weighted by Crippen LogP contribution is -2.25. The summed E-state index contributed by atoms with van der Waals surface area (Å²) in [4.78, 5) is 17.4. The molecule has 0 radical (unpaired) electrons. The van der Waals surface area contributed by atoms with Crippen LogP contribution in [-0.2, 0) is 11.2 Å². The maximum Gasteiger partial charge on any atom is 0.220 e. The van der Waals surface area contributed by atoms with Crippen LogP contribution in [-0.4, -0.2) is 29.1 Å². The molecule has 1 amide bonds. The fourth-order valence-corrected chi connectivity index (χ4v) is 2.25. The van der Waals surface area contributed by atoms with Crippen LogP contribution in [0.1, 0.15) is 23.5 Å². The monoisotopic (exact) mass is 318 g/mol. The van der Waals surface area contributed by atoms with Gasteiger partial charge in [-0.2, -0.15) is 0 Å². The molecule has 0 spiro atoms. The SMILES string of the molecule is O=C(CCCO)NCCc1nc(/C=C/Br)cs1. The van der Waals surface area contributed by atoms with Crippen molar-refractivity contribution in [3.05, 3.63) is 21.1 Å². The Bertz CT molecular complexity index is 379. The van der Waals surface area contributed by atoms with Crippen molar-refractivity contribution < 1.29 is 9.90 Å². The minimum atomic E-state index is -0.0174. The predicted octanol–water partition coefficient (Wildman–Crippen LogP) is 1.94. The van der Waals surface area contributed by atoms with Gasteiger partial charge in [0.15, 0.2) is 0 Å². The number of nitrogens with zero attached hydrogens (tertiary/aromatic N) is 1. The Balaban J connectivity index is 2.23. The quantitative estimate of drug-likeness (QED) is 0.807. The Morgan fingerprint density at radius 1 is 1.65 bits per heavy atom.